The molecule has 59 valence electrons. The standard InChI is InChI=1S/C9H17O/c1-3-5-8-6-7-10-9(8)4-2/h8H,3-7H2,1-2H3. The van der Waals surface area contributed by atoms with E-state index in [4.69, 9.17) is 4.74 Å². The van der Waals surface area contributed by atoms with E-state index >= 15 is 0 Å². The molecule has 0 aliphatic carbocycles. The van der Waals surface area contributed by atoms with E-state index in [-0.39, 0.29) is 0 Å². The molecule has 0 aromatic carbocycles. The van der Waals surface area contributed by atoms with Gasteiger partial charge in [-0.15, -0.1) is 0 Å². The fraction of sp³-hybridized carbons (Fsp3) is 0.889. The van der Waals surface area contributed by atoms with Gasteiger partial charge < -0.3 is 4.74 Å². The van der Waals surface area contributed by atoms with Crippen molar-refractivity contribution in [2.45, 2.75) is 39.5 Å². The van der Waals surface area contributed by atoms with Gasteiger partial charge >= 0.3 is 0 Å². The average molecular weight is 141 g/mol. The molecule has 1 fully saturated rings. The van der Waals surface area contributed by atoms with Gasteiger partial charge in [0.25, 0.3) is 0 Å². The number of rotatable bonds is 3. The Bertz CT molecular complexity index is 90.7. The zero-order valence-electron chi connectivity index (χ0n) is 7.02. The molecule has 1 radical (unpaired) electrons. The first kappa shape index (κ1) is 8.06. The van der Waals surface area contributed by atoms with Crippen molar-refractivity contribution in [3.63, 3.8) is 0 Å². The zero-order valence-corrected chi connectivity index (χ0v) is 7.02. The van der Waals surface area contributed by atoms with Gasteiger partial charge in [-0.1, -0.05) is 20.3 Å². The lowest BCUT2D eigenvalue weighted by molar-refractivity contribution is 0.178. The van der Waals surface area contributed by atoms with Crippen molar-refractivity contribution in [2.75, 3.05) is 6.61 Å². The highest BCUT2D eigenvalue weighted by molar-refractivity contribution is 4.90. The van der Waals surface area contributed by atoms with Crippen molar-refractivity contribution in [3.8, 4) is 0 Å². The van der Waals surface area contributed by atoms with Crippen LogP contribution in [0, 0.1) is 12.0 Å². The van der Waals surface area contributed by atoms with E-state index in [1.165, 1.54) is 25.4 Å². The first-order valence-corrected chi connectivity index (χ1v) is 4.37. The van der Waals surface area contributed by atoms with Gasteiger partial charge in [0.15, 0.2) is 0 Å². The van der Waals surface area contributed by atoms with Crippen LogP contribution in [0.3, 0.4) is 0 Å². The van der Waals surface area contributed by atoms with Crippen LogP contribution in [0.5, 0.6) is 0 Å². The Kier molecular flexibility index (Phi) is 3.20. The molecule has 1 aliphatic rings. The van der Waals surface area contributed by atoms with Gasteiger partial charge in [0.2, 0.25) is 0 Å². The van der Waals surface area contributed by atoms with Gasteiger partial charge in [-0.2, -0.15) is 0 Å². The van der Waals surface area contributed by atoms with Crippen molar-refractivity contribution >= 4 is 0 Å². The SMILES string of the molecule is CCCC1CCO[C]1CC. The molecule has 0 saturated carbocycles. The summed E-state index contributed by atoms with van der Waals surface area (Å²) < 4.78 is 5.48. The Hall–Kier alpha value is -0.0400. The van der Waals surface area contributed by atoms with Crippen molar-refractivity contribution in [2.24, 2.45) is 5.92 Å². The van der Waals surface area contributed by atoms with Crippen molar-refractivity contribution in [1.82, 2.24) is 0 Å². The molecule has 1 nitrogen and oxygen atoms in total. The molecule has 1 unspecified atom stereocenters. The summed E-state index contributed by atoms with van der Waals surface area (Å²) in [6, 6.07) is 0. The van der Waals surface area contributed by atoms with E-state index in [9.17, 15) is 0 Å². The molecule has 1 rings (SSSR count). The monoisotopic (exact) mass is 141 g/mol. The molecule has 0 amide bonds. The minimum Gasteiger partial charge on any atom is -0.372 e. The number of hydrogen-bond acceptors (Lipinski definition) is 1. The predicted molar refractivity (Wildman–Crippen MR) is 42.5 cm³/mol. The van der Waals surface area contributed by atoms with Crippen LogP contribution in [0.1, 0.15) is 39.5 Å². The van der Waals surface area contributed by atoms with Gasteiger partial charge in [-0.05, 0) is 25.2 Å². The van der Waals surface area contributed by atoms with Crippen molar-refractivity contribution in [1.29, 1.82) is 0 Å². The Morgan fingerprint density at radius 1 is 1.50 bits per heavy atom. The van der Waals surface area contributed by atoms with Crippen LogP contribution in [0.2, 0.25) is 0 Å². The summed E-state index contributed by atoms with van der Waals surface area (Å²) >= 11 is 0. The minimum absolute atomic E-state index is 0.787. The molecular weight excluding hydrogens is 124 g/mol. The van der Waals surface area contributed by atoms with Crippen LogP contribution in [0.15, 0.2) is 0 Å². The number of ether oxygens (including phenoxy) is 1. The summed E-state index contributed by atoms with van der Waals surface area (Å²) in [5.74, 6) is 0.787. The van der Waals surface area contributed by atoms with Crippen molar-refractivity contribution < 1.29 is 4.74 Å². The second-order valence-corrected chi connectivity index (χ2v) is 2.94. The maximum absolute atomic E-state index is 5.48. The summed E-state index contributed by atoms with van der Waals surface area (Å²) in [6.45, 7) is 5.39. The average Bonchev–Trinajstić information content (AvgIpc) is 2.36. The molecule has 0 N–H and O–H groups in total. The largest absolute Gasteiger partial charge is 0.372 e. The van der Waals surface area contributed by atoms with E-state index in [1.54, 1.807) is 0 Å². The van der Waals surface area contributed by atoms with Gasteiger partial charge in [-0.3, -0.25) is 0 Å². The van der Waals surface area contributed by atoms with E-state index in [2.05, 4.69) is 13.8 Å². The van der Waals surface area contributed by atoms with Crippen LogP contribution in [-0.2, 0) is 4.74 Å². The summed E-state index contributed by atoms with van der Waals surface area (Å²) in [5, 5.41) is 0. The van der Waals surface area contributed by atoms with Gasteiger partial charge in [0.1, 0.15) is 0 Å². The maximum atomic E-state index is 5.48. The Labute approximate surface area is 63.8 Å². The Morgan fingerprint density at radius 3 is 2.90 bits per heavy atom. The minimum atomic E-state index is 0.787. The third kappa shape index (κ3) is 1.72. The molecule has 1 atom stereocenters. The first-order valence-electron chi connectivity index (χ1n) is 4.37. The number of hydrogen-bond donors (Lipinski definition) is 0. The summed E-state index contributed by atoms with van der Waals surface area (Å²) in [4.78, 5) is 0. The maximum Gasteiger partial charge on any atom is 0.0999 e. The fourth-order valence-corrected chi connectivity index (χ4v) is 1.66. The molecule has 0 bridgehead atoms. The summed E-state index contributed by atoms with van der Waals surface area (Å²) in [6.07, 6.45) is 6.34. The van der Waals surface area contributed by atoms with Crippen LogP contribution in [0.25, 0.3) is 0 Å². The summed E-state index contributed by atoms with van der Waals surface area (Å²) in [5.41, 5.74) is 0. The Morgan fingerprint density at radius 2 is 2.30 bits per heavy atom. The second kappa shape index (κ2) is 3.97. The molecule has 0 spiro atoms. The molecule has 0 aromatic heterocycles. The predicted octanol–water partition coefficient (Wildman–Crippen LogP) is 2.76. The highest BCUT2D eigenvalue weighted by Gasteiger charge is 2.26. The van der Waals surface area contributed by atoms with Gasteiger partial charge in [0, 0.05) is 6.61 Å². The third-order valence-electron chi connectivity index (χ3n) is 2.19. The zero-order chi connectivity index (χ0) is 7.40. The molecule has 0 aromatic rings. The third-order valence-corrected chi connectivity index (χ3v) is 2.19. The Balaban J connectivity index is 2.27. The van der Waals surface area contributed by atoms with Gasteiger partial charge in [0.05, 0.1) is 6.10 Å². The van der Waals surface area contributed by atoms with E-state index < -0.39 is 0 Å². The quantitative estimate of drug-likeness (QED) is 0.587. The molecule has 1 saturated heterocycles. The summed E-state index contributed by atoms with van der Waals surface area (Å²) in [7, 11) is 0. The topological polar surface area (TPSA) is 9.23 Å². The van der Waals surface area contributed by atoms with Crippen molar-refractivity contribution in [3.05, 3.63) is 6.10 Å². The molecule has 1 aliphatic heterocycles. The first-order chi connectivity index (χ1) is 4.88. The lowest BCUT2D eigenvalue weighted by Crippen LogP contribution is -2.04. The normalized spacial score (nSPS) is 27.6. The molecule has 1 heterocycles. The second-order valence-electron chi connectivity index (χ2n) is 2.94. The highest BCUT2D eigenvalue weighted by atomic mass is 16.5. The molecular formula is C9H17O. The lowest BCUT2D eigenvalue weighted by atomic mass is 9.95. The smallest absolute Gasteiger partial charge is 0.0999 e. The van der Waals surface area contributed by atoms with Crippen LogP contribution >= 0.6 is 0 Å². The molecule has 1 heteroatoms. The van der Waals surface area contributed by atoms with Crippen LogP contribution < -0.4 is 0 Å². The van der Waals surface area contributed by atoms with Crippen LogP contribution in [-0.4, -0.2) is 6.61 Å². The van der Waals surface area contributed by atoms with E-state index in [0.29, 0.717) is 0 Å². The lowest BCUT2D eigenvalue weighted by Gasteiger charge is -2.13. The fourth-order valence-electron chi connectivity index (χ4n) is 1.66. The van der Waals surface area contributed by atoms with E-state index in [1.807, 2.05) is 0 Å². The highest BCUT2D eigenvalue weighted by Crippen LogP contribution is 2.32. The van der Waals surface area contributed by atoms with Gasteiger partial charge in [-0.25, -0.2) is 0 Å². The van der Waals surface area contributed by atoms with E-state index in [0.717, 1.165) is 18.9 Å². The molecule has 10 heavy (non-hydrogen) atoms. The van der Waals surface area contributed by atoms with Crippen LogP contribution in [0.4, 0.5) is 0 Å².